The lowest BCUT2D eigenvalue weighted by atomic mass is 9.88. The number of nitrogens with zero attached hydrogens (tertiary/aromatic N) is 1. The Morgan fingerprint density at radius 1 is 1.33 bits per heavy atom. The summed E-state index contributed by atoms with van der Waals surface area (Å²) in [6, 6.07) is -0.439. The van der Waals surface area contributed by atoms with Crippen LogP contribution in [-0.2, 0) is 10.2 Å². The normalized spacial score (nSPS) is 14.3. The van der Waals surface area contributed by atoms with Crippen LogP contribution in [0.25, 0.3) is 0 Å². The van der Waals surface area contributed by atoms with Crippen LogP contribution in [0.1, 0.15) is 46.7 Å². The highest BCUT2D eigenvalue weighted by atomic mass is 32.1. The van der Waals surface area contributed by atoms with Crippen LogP contribution in [0.4, 0.5) is 9.93 Å². The average Bonchev–Trinajstić information content (AvgIpc) is 2.84. The lowest BCUT2D eigenvalue weighted by molar-refractivity contribution is -0.147. The molecular formula is C14H23N3O3S. The molecule has 0 aliphatic heterocycles. The molecule has 1 aromatic rings. The van der Waals surface area contributed by atoms with Crippen LogP contribution in [0.2, 0.25) is 0 Å². The Kier molecular flexibility index (Phi) is 5.33. The molecule has 0 aliphatic carbocycles. The molecule has 1 unspecified atom stereocenters. The van der Waals surface area contributed by atoms with Gasteiger partial charge < -0.3 is 10.4 Å². The molecule has 7 heteroatoms. The van der Waals surface area contributed by atoms with Crippen molar-refractivity contribution in [3.63, 3.8) is 0 Å². The van der Waals surface area contributed by atoms with Gasteiger partial charge in [0.2, 0.25) is 0 Å². The highest BCUT2D eigenvalue weighted by Crippen LogP contribution is 2.26. The first-order valence-corrected chi connectivity index (χ1v) is 7.70. The number of nitrogens with one attached hydrogen (secondary N) is 2. The van der Waals surface area contributed by atoms with Crippen LogP contribution >= 0.6 is 11.3 Å². The largest absolute Gasteiger partial charge is 0.481 e. The molecule has 0 saturated heterocycles. The van der Waals surface area contributed by atoms with Gasteiger partial charge in [-0.3, -0.25) is 10.1 Å². The Bertz CT molecular complexity index is 522. The van der Waals surface area contributed by atoms with Gasteiger partial charge in [-0.1, -0.05) is 27.7 Å². The summed E-state index contributed by atoms with van der Waals surface area (Å²) >= 11 is 1.35. The van der Waals surface area contributed by atoms with Crippen molar-refractivity contribution in [1.29, 1.82) is 0 Å². The van der Waals surface area contributed by atoms with Gasteiger partial charge >= 0.3 is 12.0 Å². The van der Waals surface area contributed by atoms with Gasteiger partial charge in [0.1, 0.15) is 0 Å². The highest BCUT2D eigenvalue weighted by Gasteiger charge is 2.31. The first-order chi connectivity index (χ1) is 9.58. The van der Waals surface area contributed by atoms with E-state index >= 15 is 0 Å². The van der Waals surface area contributed by atoms with Gasteiger partial charge in [-0.2, -0.15) is 0 Å². The van der Waals surface area contributed by atoms with E-state index in [4.69, 9.17) is 5.11 Å². The lowest BCUT2D eigenvalue weighted by Gasteiger charge is -2.23. The second-order valence-corrected chi connectivity index (χ2v) is 7.17. The molecule has 1 atom stereocenters. The number of aliphatic carboxylic acids is 1. The zero-order chi connectivity index (χ0) is 16.3. The van der Waals surface area contributed by atoms with Crippen molar-refractivity contribution in [2.45, 2.75) is 46.5 Å². The maximum Gasteiger partial charge on any atom is 0.321 e. The van der Waals surface area contributed by atoms with E-state index in [1.54, 1.807) is 13.8 Å². The Balaban J connectivity index is 2.59. The minimum absolute atomic E-state index is 0.0716. The molecule has 0 spiro atoms. The predicted molar refractivity (Wildman–Crippen MR) is 83.9 cm³/mol. The summed E-state index contributed by atoms with van der Waals surface area (Å²) in [5, 5.41) is 16.8. The molecule has 0 aromatic carbocycles. The maximum absolute atomic E-state index is 11.8. The van der Waals surface area contributed by atoms with Crippen LogP contribution in [0, 0.1) is 5.41 Å². The second-order valence-electron chi connectivity index (χ2n) is 6.31. The van der Waals surface area contributed by atoms with Gasteiger partial charge in [0.15, 0.2) is 5.13 Å². The molecule has 1 aromatic heterocycles. The van der Waals surface area contributed by atoms with E-state index < -0.39 is 17.4 Å². The monoisotopic (exact) mass is 313 g/mol. The average molecular weight is 313 g/mol. The Labute approximate surface area is 129 Å². The summed E-state index contributed by atoms with van der Waals surface area (Å²) in [4.78, 5) is 27.3. The Hall–Kier alpha value is -1.63. The summed E-state index contributed by atoms with van der Waals surface area (Å²) < 4.78 is 0. The SMILES string of the molecule is CCC(C)(CNC(=O)Nc1nc(C(C)(C)C)cs1)C(=O)O. The number of carbonyl (C=O) groups excluding carboxylic acids is 1. The number of hydrogen-bond donors (Lipinski definition) is 3. The number of aromatic nitrogens is 1. The molecule has 118 valence electrons. The third-order valence-corrected chi connectivity index (χ3v) is 4.19. The molecule has 0 radical (unpaired) electrons. The summed E-state index contributed by atoms with van der Waals surface area (Å²) in [7, 11) is 0. The molecule has 2 amide bonds. The molecule has 0 saturated carbocycles. The van der Waals surface area contributed by atoms with Crippen molar-refractivity contribution < 1.29 is 14.7 Å². The van der Waals surface area contributed by atoms with E-state index in [1.165, 1.54) is 11.3 Å². The number of urea groups is 1. The van der Waals surface area contributed by atoms with E-state index in [1.807, 2.05) is 26.2 Å². The second kappa shape index (κ2) is 6.43. The van der Waals surface area contributed by atoms with Crippen molar-refractivity contribution in [2.24, 2.45) is 5.41 Å². The number of carboxylic acids is 1. The van der Waals surface area contributed by atoms with Crippen molar-refractivity contribution in [2.75, 3.05) is 11.9 Å². The third kappa shape index (κ3) is 4.70. The summed E-state index contributed by atoms with van der Waals surface area (Å²) in [5.41, 5.74) is -0.125. The van der Waals surface area contributed by atoms with Gasteiger partial charge in [0.25, 0.3) is 0 Å². The van der Waals surface area contributed by atoms with Crippen molar-refractivity contribution in [3.05, 3.63) is 11.1 Å². The molecule has 21 heavy (non-hydrogen) atoms. The number of anilines is 1. The van der Waals surface area contributed by atoms with Crippen LogP contribution in [0.3, 0.4) is 0 Å². The predicted octanol–water partition coefficient (Wildman–Crippen LogP) is 3.06. The van der Waals surface area contributed by atoms with E-state index in [0.29, 0.717) is 11.6 Å². The zero-order valence-electron chi connectivity index (χ0n) is 13.1. The summed E-state index contributed by atoms with van der Waals surface area (Å²) in [5.74, 6) is -0.922. The standard InChI is InChI=1S/C14H23N3O3S/c1-6-14(5,10(18)19)8-15-11(20)17-12-16-9(7-21-12)13(2,3)4/h7H,6,8H2,1-5H3,(H,18,19)(H2,15,16,17,20). The van der Waals surface area contributed by atoms with Crippen LogP contribution in [0.15, 0.2) is 5.38 Å². The Morgan fingerprint density at radius 3 is 2.38 bits per heavy atom. The van der Waals surface area contributed by atoms with E-state index in [2.05, 4.69) is 15.6 Å². The van der Waals surface area contributed by atoms with Gasteiger partial charge in [0.05, 0.1) is 11.1 Å². The number of amides is 2. The molecule has 0 fully saturated rings. The molecule has 1 heterocycles. The van der Waals surface area contributed by atoms with Gasteiger partial charge in [-0.05, 0) is 13.3 Å². The summed E-state index contributed by atoms with van der Waals surface area (Å²) in [6.45, 7) is 9.60. The zero-order valence-corrected chi connectivity index (χ0v) is 13.9. The minimum Gasteiger partial charge on any atom is -0.481 e. The van der Waals surface area contributed by atoms with E-state index in [9.17, 15) is 9.59 Å². The fourth-order valence-corrected chi connectivity index (χ4v) is 2.38. The molecule has 0 aliphatic rings. The number of carbonyl (C=O) groups is 2. The number of hydrogen-bond acceptors (Lipinski definition) is 4. The smallest absolute Gasteiger partial charge is 0.321 e. The lowest BCUT2D eigenvalue weighted by Crippen LogP contribution is -2.42. The van der Waals surface area contributed by atoms with Crippen molar-refractivity contribution in [3.8, 4) is 0 Å². The Morgan fingerprint density at radius 2 is 1.95 bits per heavy atom. The molecule has 0 bridgehead atoms. The van der Waals surface area contributed by atoms with Crippen molar-refractivity contribution >= 4 is 28.5 Å². The fourth-order valence-electron chi connectivity index (χ4n) is 1.44. The number of carboxylic acid groups (broad SMARTS) is 1. The molecule has 6 nitrogen and oxygen atoms in total. The molecule has 3 N–H and O–H groups in total. The molecular weight excluding hydrogens is 290 g/mol. The van der Waals surface area contributed by atoms with Gasteiger partial charge in [-0.25, -0.2) is 9.78 Å². The first kappa shape index (κ1) is 17.4. The first-order valence-electron chi connectivity index (χ1n) is 6.83. The minimum atomic E-state index is -0.962. The van der Waals surface area contributed by atoms with Crippen LogP contribution in [0.5, 0.6) is 0 Å². The number of rotatable bonds is 5. The van der Waals surface area contributed by atoms with Gasteiger partial charge in [-0.15, -0.1) is 11.3 Å². The topological polar surface area (TPSA) is 91.3 Å². The molecule has 1 rings (SSSR count). The van der Waals surface area contributed by atoms with E-state index in [-0.39, 0.29) is 12.0 Å². The fraction of sp³-hybridized carbons (Fsp3) is 0.643. The van der Waals surface area contributed by atoms with Crippen molar-refractivity contribution in [1.82, 2.24) is 10.3 Å². The van der Waals surface area contributed by atoms with E-state index in [0.717, 1.165) is 5.69 Å². The van der Waals surface area contributed by atoms with Crippen LogP contribution < -0.4 is 10.6 Å². The highest BCUT2D eigenvalue weighted by molar-refractivity contribution is 7.13. The third-order valence-electron chi connectivity index (χ3n) is 3.43. The van der Waals surface area contributed by atoms with Gasteiger partial charge in [0, 0.05) is 17.3 Å². The quantitative estimate of drug-likeness (QED) is 0.779. The number of thiazole rings is 1. The maximum atomic E-state index is 11.8. The van der Waals surface area contributed by atoms with Crippen LogP contribution in [-0.4, -0.2) is 28.6 Å². The summed E-state index contributed by atoms with van der Waals surface area (Å²) in [6.07, 6.45) is 0.439.